The van der Waals surface area contributed by atoms with Gasteiger partial charge in [0.05, 0.1) is 13.2 Å². The molecule has 0 spiro atoms. The van der Waals surface area contributed by atoms with Gasteiger partial charge in [0.25, 0.3) is 0 Å². The summed E-state index contributed by atoms with van der Waals surface area (Å²) in [4.78, 5) is 0. The lowest BCUT2D eigenvalue weighted by Gasteiger charge is -2.42. The minimum Gasteiger partial charge on any atom is -0.385 e. The lowest BCUT2D eigenvalue weighted by molar-refractivity contribution is -0.305. The Bertz CT molecular complexity index is 525. The van der Waals surface area contributed by atoms with Crippen molar-refractivity contribution in [3.05, 3.63) is 35.9 Å². The second-order valence-corrected chi connectivity index (χ2v) is 7.64. The van der Waals surface area contributed by atoms with E-state index in [9.17, 15) is 10.2 Å². The van der Waals surface area contributed by atoms with Crippen LogP contribution in [0.25, 0.3) is 0 Å². The van der Waals surface area contributed by atoms with Crippen LogP contribution in [0, 0.1) is 0 Å². The zero-order chi connectivity index (χ0) is 20.9. The fraction of sp³-hybridized carbons (Fsp3) is 0.739. The van der Waals surface area contributed by atoms with E-state index in [0.717, 1.165) is 44.1 Å². The highest BCUT2D eigenvalue weighted by Crippen LogP contribution is 2.26. The Morgan fingerprint density at radius 3 is 2.24 bits per heavy atom. The first kappa shape index (κ1) is 24.3. The average Bonchev–Trinajstić information content (AvgIpc) is 2.74. The third-order valence-electron chi connectivity index (χ3n) is 5.15. The molecular formula is C23H38O6. The summed E-state index contributed by atoms with van der Waals surface area (Å²) >= 11 is 0. The fourth-order valence-corrected chi connectivity index (χ4v) is 3.43. The number of aliphatic hydroxyl groups is 2. The second-order valence-electron chi connectivity index (χ2n) is 7.64. The van der Waals surface area contributed by atoms with Crippen molar-refractivity contribution in [2.75, 3.05) is 19.8 Å². The molecule has 0 aromatic heterocycles. The number of ether oxygens (including phenoxy) is 4. The molecule has 5 atom stereocenters. The third-order valence-corrected chi connectivity index (χ3v) is 5.15. The van der Waals surface area contributed by atoms with Crippen LogP contribution in [-0.2, 0) is 25.6 Å². The van der Waals surface area contributed by atoms with Crippen LogP contribution < -0.4 is 0 Å². The average molecular weight is 411 g/mol. The molecule has 1 fully saturated rings. The number of rotatable bonds is 14. The maximum atomic E-state index is 10.5. The van der Waals surface area contributed by atoms with Gasteiger partial charge in [-0.1, -0.05) is 69.9 Å². The maximum Gasteiger partial charge on any atom is 0.184 e. The first-order valence-electron chi connectivity index (χ1n) is 11.0. The Morgan fingerprint density at radius 1 is 0.862 bits per heavy atom. The van der Waals surface area contributed by atoms with E-state index in [2.05, 4.69) is 13.8 Å². The highest BCUT2D eigenvalue weighted by molar-refractivity contribution is 5.13. The molecular weight excluding hydrogens is 372 g/mol. The number of benzene rings is 1. The van der Waals surface area contributed by atoms with Crippen molar-refractivity contribution in [1.29, 1.82) is 0 Å². The normalized spacial score (nSPS) is 27.2. The first-order chi connectivity index (χ1) is 14.2. The molecule has 29 heavy (non-hydrogen) atoms. The van der Waals surface area contributed by atoms with Crippen LogP contribution in [0.15, 0.2) is 30.3 Å². The molecule has 0 amide bonds. The van der Waals surface area contributed by atoms with Gasteiger partial charge in [0.2, 0.25) is 0 Å². The molecule has 2 rings (SSSR count). The molecule has 1 unspecified atom stereocenters. The number of hydrogen-bond acceptors (Lipinski definition) is 6. The van der Waals surface area contributed by atoms with Gasteiger partial charge in [0.15, 0.2) is 6.29 Å². The molecule has 0 aliphatic carbocycles. The van der Waals surface area contributed by atoms with E-state index in [1.807, 2.05) is 30.3 Å². The van der Waals surface area contributed by atoms with E-state index >= 15 is 0 Å². The van der Waals surface area contributed by atoms with Crippen molar-refractivity contribution in [3.63, 3.8) is 0 Å². The Labute approximate surface area is 175 Å². The van der Waals surface area contributed by atoms with Crippen molar-refractivity contribution in [3.8, 4) is 0 Å². The van der Waals surface area contributed by atoms with Gasteiger partial charge in [-0.25, -0.2) is 0 Å². The topological polar surface area (TPSA) is 77.4 Å². The summed E-state index contributed by atoms with van der Waals surface area (Å²) in [5.74, 6) is 0. The molecule has 1 heterocycles. The van der Waals surface area contributed by atoms with E-state index in [1.165, 1.54) is 0 Å². The summed E-state index contributed by atoms with van der Waals surface area (Å²) < 4.78 is 23.5. The maximum absolute atomic E-state index is 10.5. The van der Waals surface area contributed by atoms with Gasteiger partial charge >= 0.3 is 0 Å². The van der Waals surface area contributed by atoms with E-state index in [4.69, 9.17) is 18.9 Å². The lowest BCUT2D eigenvalue weighted by atomic mass is 9.98. The van der Waals surface area contributed by atoms with Crippen molar-refractivity contribution in [1.82, 2.24) is 0 Å². The summed E-state index contributed by atoms with van der Waals surface area (Å²) in [7, 11) is 0. The Morgan fingerprint density at radius 2 is 1.55 bits per heavy atom. The quantitative estimate of drug-likeness (QED) is 0.458. The van der Waals surface area contributed by atoms with E-state index in [0.29, 0.717) is 26.4 Å². The molecule has 1 aromatic rings. The standard InChI is InChI=1S/C23H38O6/c1-3-5-10-14-26-17-19-21(28-16-18-12-8-7-9-13-18)22(20(24)23(25)29-19)27-15-11-6-4-2/h7-9,12-13,19-25H,3-6,10-11,14-17H2,1-2H3/t19-,20-,21-,22-,23?/m1/s1. The van der Waals surface area contributed by atoms with E-state index < -0.39 is 30.7 Å². The molecule has 1 aromatic carbocycles. The van der Waals surface area contributed by atoms with Crippen LogP contribution in [0.5, 0.6) is 0 Å². The van der Waals surface area contributed by atoms with Gasteiger partial charge in [0.1, 0.15) is 24.4 Å². The zero-order valence-corrected chi connectivity index (χ0v) is 17.9. The molecule has 1 aliphatic heterocycles. The summed E-state index contributed by atoms with van der Waals surface area (Å²) in [5, 5.41) is 20.7. The molecule has 0 saturated carbocycles. The highest BCUT2D eigenvalue weighted by atomic mass is 16.7. The van der Waals surface area contributed by atoms with Gasteiger partial charge in [-0.2, -0.15) is 0 Å². The molecule has 6 heteroatoms. The van der Waals surface area contributed by atoms with Gasteiger partial charge in [0, 0.05) is 13.2 Å². The van der Waals surface area contributed by atoms with Crippen LogP contribution >= 0.6 is 0 Å². The van der Waals surface area contributed by atoms with Gasteiger partial charge < -0.3 is 29.2 Å². The van der Waals surface area contributed by atoms with Crippen LogP contribution in [0.3, 0.4) is 0 Å². The molecule has 0 bridgehead atoms. The van der Waals surface area contributed by atoms with Gasteiger partial charge in [-0.15, -0.1) is 0 Å². The van der Waals surface area contributed by atoms with Crippen molar-refractivity contribution < 1.29 is 29.2 Å². The molecule has 0 radical (unpaired) electrons. The minimum atomic E-state index is -1.31. The van der Waals surface area contributed by atoms with Gasteiger partial charge in [-0.3, -0.25) is 0 Å². The third kappa shape index (κ3) is 8.32. The predicted octanol–water partition coefficient (Wildman–Crippen LogP) is 3.43. The fourth-order valence-electron chi connectivity index (χ4n) is 3.43. The summed E-state index contributed by atoms with van der Waals surface area (Å²) in [6, 6.07) is 9.86. The van der Waals surface area contributed by atoms with Crippen LogP contribution in [0.4, 0.5) is 0 Å². The molecule has 1 aliphatic rings. The molecule has 166 valence electrons. The van der Waals surface area contributed by atoms with Crippen molar-refractivity contribution in [2.45, 2.75) is 89.7 Å². The Balaban J connectivity index is 2.01. The molecule has 2 N–H and O–H groups in total. The smallest absolute Gasteiger partial charge is 0.184 e. The minimum absolute atomic E-state index is 0.293. The SMILES string of the molecule is CCCCCOC[C@H]1OC(O)[C@H](O)[C@@H](OCCCCC)[C@@H]1OCc1ccccc1. The van der Waals surface area contributed by atoms with E-state index in [-0.39, 0.29) is 0 Å². The Kier molecular flexibility index (Phi) is 11.8. The van der Waals surface area contributed by atoms with Crippen LogP contribution in [0.1, 0.15) is 57.9 Å². The summed E-state index contributed by atoms with van der Waals surface area (Å²) in [6.07, 6.45) is 2.11. The predicted molar refractivity (Wildman–Crippen MR) is 112 cm³/mol. The summed E-state index contributed by atoms with van der Waals surface area (Å²) in [5.41, 5.74) is 1.03. The molecule has 6 nitrogen and oxygen atoms in total. The first-order valence-corrected chi connectivity index (χ1v) is 11.0. The highest BCUT2D eigenvalue weighted by Gasteiger charge is 2.46. The van der Waals surface area contributed by atoms with Gasteiger partial charge in [-0.05, 0) is 18.4 Å². The molecule has 1 saturated heterocycles. The van der Waals surface area contributed by atoms with E-state index in [1.54, 1.807) is 0 Å². The van der Waals surface area contributed by atoms with Crippen LogP contribution in [0.2, 0.25) is 0 Å². The van der Waals surface area contributed by atoms with Crippen LogP contribution in [-0.4, -0.2) is 60.7 Å². The Hall–Kier alpha value is -1.02. The van der Waals surface area contributed by atoms with Crippen molar-refractivity contribution >= 4 is 0 Å². The number of unbranched alkanes of at least 4 members (excludes halogenated alkanes) is 4. The second kappa shape index (κ2) is 14.1. The monoisotopic (exact) mass is 410 g/mol. The number of hydrogen-bond donors (Lipinski definition) is 2. The largest absolute Gasteiger partial charge is 0.385 e. The summed E-state index contributed by atoms with van der Waals surface area (Å²) in [6.45, 7) is 6.10. The lowest BCUT2D eigenvalue weighted by Crippen LogP contribution is -2.60. The number of aliphatic hydroxyl groups excluding tert-OH is 2. The zero-order valence-electron chi connectivity index (χ0n) is 17.9. The van der Waals surface area contributed by atoms with Crippen molar-refractivity contribution in [2.24, 2.45) is 0 Å².